The summed E-state index contributed by atoms with van der Waals surface area (Å²) in [5.74, 6) is 0.160. The summed E-state index contributed by atoms with van der Waals surface area (Å²) >= 11 is 0. The number of rotatable bonds is 5. The van der Waals surface area contributed by atoms with E-state index in [1.807, 2.05) is 0 Å². The van der Waals surface area contributed by atoms with Gasteiger partial charge >= 0.3 is 0 Å². The molecule has 132 valence electrons. The van der Waals surface area contributed by atoms with Crippen molar-refractivity contribution in [2.24, 2.45) is 0 Å². The van der Waals surface area contributed by atoms with Crippen LogP contribution in [0.1, 0.15) is 46.2 Å². The third-order valence-corrected chi connectivity index (χ3v) is 4.16. The van der Waals surface area contributed by atoms with Gasteiger partial charge in [-0.05, 0) is 42.5 Å². The summed E-state index contributed by atoms with van der Waals surface area (Å²) in [5.41, 5.74) is 1.49. The SMILES string of the molecule is O=C(Nc1n[nH]c(Cc2cccc(F)c2)n1)c1cc(C2CC2)[nH]c(=O)c1. The fraction of sp³-hybridized carbons (Fsp3) is 0.222. The number of hydrogen-bond acceptors (Lipinski definition) is 4. The van der Waals surface area contributed by atoms with Gasteiger partial charge in [0.05, 0.1) is 0 Å². The molecule has 1 amide bonds. The highest BCUT2D eigenvalue weighted by Crippen LogP contribution is 2.38. The number of nitrogens with zero attached hydrogens (tertiary/aromatic N) is 2. The Kier molecular flexibility index (Phi) is 4.08. The van der Waals surface area contributed by atoms with Crippen LogP contribution in [0.15, 0.2) is 41.2 Å². The number of carbonyl (C=O) groups is 1. The van der Waals surface area contributed by atoms with Gasteiger partial charge < -0.3 is 4.98 Å². The van der Waals surface area contributed by atoms with E-state index in [4.69, 9.17) is 0 Å². The highest BCUT2D eigenvalue weighted by atomic mass is 19.1. The number of aromatic amines is 2. The normalized spacial score (nSPS) is 13.6. The largest absolute Gasteiger partial charge is 0.326 e. The molecule has 0 unspecified atom stereocenters. The fourth-order valence-electron chi connectivity index (χ4n) is 2.75. The van der Waals surface area contributed by atoms with E-state index in [0.717, 1.165) is 24.1 Å². The first-order valence-corrected chi connectivity index (χ1v) is 8.28. The molecule has 7 nitrogen and oxygen atoms in total. The van der Waals surface area contributed by atoms with E-state index in [0.29, 0.717) is 18.2 Å². The number of amides is 1. The average molecular weight is 353 g/mol. The first-order valence-electron chi connectivity index (χ1n) is 8.28. The number of hydrogen-bond donors (Lipinski definition) is 3. The van der Waals surface area contributed by atoms with Crippen molar-refractivity contribution >= 4 is 11.9 Å². The van der Waals surface area contributed by atoms with Crippen molar-refractivity contribution in [3.8, 4) is 0 Å². The van der Waals surface area contributed by atoms with Crippen molar-refractivity contribution in [1.29, 1.82) is 0 Å². The number of halogens is 1. The number of anilines is 1. The van der Waals surface area contributed by atoms with Crippen LogP contribution in [-0.2, 0) is 6.42 Å². The van der Waals surface area contributed by atoms with E-state index < -0.39 is 5.91 Å². The lowest BCUT2D eigenvalue weighted by Crippen LogP contribution is -2.18. The Morgan fingerprint density at radius 1 is 1.27 bits per heavy atom. The van der Waals surface area contributed by atoms with Crippen LogP contribution in [0, 0.1) is 5.82 Å². The van der Waals surface area contributed by atoms with E-state index in [-0.39, 0.29) is 22.9 Å². The monoisotopic (exact) mass is 353 g/mol. The summed E-state index contributed by atoms with van der Waals surface area (Å²) in [4.78, 5) is 31.0. The van der Waals surface area contributed by atoms with Crippen LogP contribution in [0.5, 0.6) is 0 Å². The Morgan fingerprint density at radius 3 is 2.88 bits per heavy atom. The van der Waals surface area contributed by atoms with E-state index in [2.05, 4.69) is 25.5 Å². The topological polar surface area (TPSA) is 104 Å². The molecule has 0 atom stereocenters. The molecule has 0 bridgehead atoms. The van der Waals surface area contributed by atoms with Crippen LogP contribution >= 0.6 is 0 Å². The number of nitrogens with one attached hydrogen (secondary N) is 3. The van der Waals surface area contributed by atoms with Crippen molar-refractivity contribution in [2.45, 2.75) is 25.2 Å². The lowest BCUT2D eigenvalue weighted by atomic mass is 10.1. The standard InChI is InChI=1S/C18H16FN5O2/c19-13-3-1-2-10(6-13)7-15-21-18(24-23-15)22-17(26)12-8-14(11-4-5-11)20-16(25)9-12/h1-3,6,8-9,11H,4-5,7H2,(H,20,25)(H2,21,22,23,24,26). The average Bonchev–Trinajstić information content (AvgIpc) is 3.36. The van der Waals surface area contributed by atoms with Crippen LogP contribution in [0.2, 0.25) is 0 Å². The van der Waals surface area contributed by atoms with Crippen LogP contribution in [0.3, 0.4) is 0 Å². The smallest absolute Gasteiger partial charge is 0.258 e. The van der Waals surface area contributed by atoms with Gasteiger partial charge in [0.1, 0.15) is 11.6 Å². The Hall–Kier alpha value is -3.29. The first-order chi connectivity index (χ1) is 12.6. The van der Waals surface area contributed by atoms with Crippen molar-refractivity contribution < 1.29 is 9.18 Å². The maximum Gasteiger partial charge on any atom is 0.258 e. The second kappa shape index (κ2) is 6.55. The van der Waals surface area contributed by atoms with Crippen molar-refractivity contribution in [3.63, 3.8) is 0 Å². The van der Waals surface area contributed by atoms with Crippen LogP contribution < -0.4 is 10.9 Å². The van der Waals surface area contributed by atoms with Gasteiger partial charge in [-0.1, -0.05) is 12.1 Å². The van der Waals surface area contributed by atoms with Crippen LogP contribution in [0.4, 0.5) is 10.3 Å². The molecule has 0 radical (unpaired) electrons. The molecule has 3 aromatic rings. The van der Waals surface area contributed by atoms with Gasteiger partial charge in [-0.2, -0.15) is 4.98 Å². The quantitative estimate of drug-likeness (QED) is 0.655. The Balaban J connectivity index is 1.47. The van der Waals surface area contributed by atoms with Gasteiger partial charge in [-0.15, -0.1) is 5.10 Å². The van der Waals surface area contributed by atoms with E-state index in [1.165, 1.54) is 18.2 Å². The zero-order valence-electron chi connectivity index (χ0n) is 13.8. The molecule has 2 aromatic heterocycles. The molecule has 1 aliphatic carbocycles. The molecule has 1 aliphatic rings. The third-order valence-electron chi connectivity index (χ3n) is 4.16. The third kappa shape index (κ3) is 3.69. The molecule has 0 spiro atoms. The minimum Gasteiger partial charge on any atom is -0.326 e. The van der Waals surface area contributed by atoms with Crippen LogP contribution in [0.25, 0.3) is 0 Å². The van der Waals surface area contributed by atoms with Gasteiger partial charge in [0.25, 0.3) is 5.91 Å². The zero-order chi connectivity index (χ0) is 18.1. The zero-order valence-corrected chi connectivity index (χ0v) is 13.8. The molecule has 0 saturated heterocycles. The molecular formula is C18H16FN5O2. The number of pyridine rings is 1. The Labute approximate surface area is 147 Å². The lowest BCUT2D eigenvalue weighted by molar-refractivity contribution is 0.102. The molecule has 4 rings (SSSR count). The molecule has 2 heterocycles. The maximum atomic E-state index is 13.2. The van der Waals surface area contributed by atoms with Crippen molar-refractivity contribution in [3.05, 3.63) is 75.2 Å². The second-order valence-corrected chi connectivity index (χ2v) is 6.33. The lowest BCUT2D eigenvalue weighted by Gasteiger charge is -2.03. The maximum absolute atomic E-state index is 13.2. The predicted molar refractivity (Wildman–Crippen MR) is 92.6 cm³/mol. The van der Waals surface area contributed by atoms with Crippen molar-refractivity contribution in [1.82, 2.24) is 20.2 Å². The Morgan fingerprint density at radius 2 is 2.12 bits per heavy atom. The van der Waals surface area contributed by atoms with Gasteiger partial charge in [0.2, 0.25) is 11.5 Å². The number of carbonyl (C=O) groups excluding carboxylic acids is 1. The molecule has 26 heavy (non-hydrogen) atoms. The van der Waals surface area contributed by atoms with E-state index in [9.17, 15) is 14.0 Å². The summed E-state index contributed by atoms with van der Waals surface area (Å²) in [5, 5.41) is 9.23. The molecule has 1 fully saturated rings. The fourth-order valence-corrected chi connectivity index (χ4v) is 2.75. The molecular weight excluding hydrogens is 337 g/mol. The number of aromatic nitrogens is 4. The summed E-state index contributed by atoms with van der Waals surface area (Å²) in [6, 6.07) is 9.12. The predicted octanol–water partition coefficient (Wildman–Crippen LogP) is 2.35. The Bertz CT molecular complexity index is 1020. The van der Waals surface area contributed by atoms with Crippen LogP contribution in [-0.4, -0.2) is 26.1 Å². The molecule has 1 aromatic carbocycles. The van der Waals surface area contributed by atoms with Gasteiger partial charge in [0, 0.05) is 23.7 Å². The number of benzene rings is 1. The minimum absolute atomic E-state index is 0.106. The first kappa shape index (κ1) is 16.2. The summed E-state index contributed by atoms with van der Waals surface area (Å²) in [6.07, 6.45) is 2.40. The number of H-pyrrole nitrogens is 2. The molecule has 8 heteroatoms. The second-order valence-electron chi connectivity index (χ2n) is 6.33. The minimum atomic E-state index is -0.450. The molecule has 1 saturated carbocycles. The summed E-state index contributed by atoms with van der Waals surface area (Å²) in [7, 11) is 0. The highest BCUT2D eigenvalue weighted by Gasteiger charge is 2.25. The van der Waals surface area contributed by atoms with Gasteiger partial charge in [-0.25, -0.2) is 4.39 Å². The van der Waals surface area contributed by atoms with Gasteiger partial charge in [-0.3, -0.25) is 20.0 Å². The van der Waals surface area contributed by atoms with E-state index >= 15 is 0 Å². The van der Waals surface area contributed by atoms with E-state index in [1.54, 1.807) is 18.2 Å². The summed E-state index contributed by atoms with van der Waals surface area (Å²) in [6.45, 7) is 0. The van der Waals surface area contributed by atoms with Crippen molar-refractivity contribution in [2.75, 3.05) is 5.32 Å². The molecule has 3 N–H and O–H groups in total. The summed E-state index contributed by atoms with van der Waals surface area (Å²) < 4.78 is 13.2. The van der Waals surface area contributed by atoms with Gasteiger partial charge in [0.15, 0.2) is 0 Å². The molecule has 0 aliphatic heterocycles. The highest BCUT2D eigenvalue weighted by molar-refractivity contribution is 6.03.